The molecule has 1 aromatic heterocycles. The molecule has 0 bridgehead atoms. The summed E-state index contributed by atoms with van der Waals surface area (Å²) < 4.78 is 7.25. The minimum absolute atomic E-state index is 0.420. The third kappa shape index (κ3) is 8.17. The SMILES string of the molecule is CCNC(=NCc1nncn1CC)NCC(C)(C)NC(=O)OC(C)(C)C. The van der Waals surface area contributed by atoms with E-state index in [1.807, 2.05) is 53.0 Å². The van der Waals surface area contributed by atoms with E-state index in [-0.39, 0.29) is 0 Å². The molecule has 1 aromatic rings. The van der Waals surface area contributed by atoms with E-state index in [1.54, 1.807) is 6.33 Å². The molecule has 0 aliphatic rings. The van der Waals surface area contributed by atoms with Crippen molar-refractivity contribution >= 4 is 12.1 Å². The molecule has 0 unspecified atom stereocenters. The van der Waals surface area contributed by atoms with Crippen molar-refractivity contribution in [2.24, 2.45) is 4.99 Å². The van der Waals surface area contributed by atoms with Crippen molar-refractivity contribution in [2.75, 3.05) is 13.1 Å². The first-order valence-corrected chi connectivity index (χ1v) is 8.96. The van der Waals surface area contributed by atoms with Gasteiger partial charge in [-0.25, -0.2) is 9.79 Å². The molecule has 26 heavy (non-hydrogen) atoms. The number of aliphatic imine (C=N–C) groups is 1. The third-order valence-corrected chi connectivity index (χ3v) is 3.30. The lowest BCUT2D eigenvalue weighted by molar-refractivity contribution is 0.0474. The minimum atomic E-state index is -0.529. The molecule has 0 aliphatic heterocycles. The maximum Gasteiger partial charge on any atom is 0.408 e. The molecule has 0 saturated heterocycles. The summed E-state index contributed by atoms with van der Waals surface area (Å²) in [6.45, 7) is 15.8. The van der Waals surface area contributed by atoms with Gasteiger partial charge in [0.2, 0.25) is 0 Å². The highest BCUT2D eigenvalue weighted by atomic mass is 16.6. The van der Waals surface area contributed by atoms with Crippen molar-refractivity contribution in [3.63, 3.8) is 0 Å². The van der Waals surface area contributed by atoms with Gasteiger partial charge in [-0.1, -0.05) is 0 Å². The highest BCUT2D eigenvalue weighted by Crippen LogP contribution is 2.09. The van der Waals surface area contributed by atoms with Gasteiger partial charge in [-0.15, -0.1) is 10.2 Å². The van der Waals surface area contributed by atoms with Gasteiger partial charge in [0.25, 0.3) is 0 Å². The average Bonchev–Trinajstić information content (AvgIpc) is 2.95. The molecule has 1 heterocycles. The van der Waals surface area contributed by atoms with Gasteiger partial charge < -0.3 is 25.3 Å². The zero-order valence-corrected chi connectivity index (χ0v) is 17.0. The molecule has 9 heteroatoms. The highest BCUT2D eigenvalue weighted by molar-refractivity contribution is 5.80. The fraction of sp³-hybridized carbons (Fsp3) is 0.765. The molecule has 1 amide bonds. The molecule has 0 atom stereocenters. The van der Waals surface area contributed by atoms with Gasteiger partial charge in [-0.2, -0.15) is 0 Å². The van der Waals surface area contributed by atoms with Crippen LogP contribution < -0.4 is 16.0 Å². The van der Waals surface area contributed by atoms with Crippen molar-refractivity contribution in [3.8, 4) is 0 Å². The number of hydrogen-bond donors (Lipinski definition) is 3. The van der Waals surface area contributed by atoms with Crippen LogP contribution in [0.1, 0.15) is 54.3 Å². The van der Waals surface area contributed by atoms with Crippen LogP contribution in [-0.2, 0) is 17.8 Å². The number of aromatic nitrogens is 3. The van der Waals surface area contributed by atoms with E-state index < -0.39 is 17.2 Å². The van der Waals surface area contributed by atoms with Crippen LogP contribution in [0.5, 0.6) is 0 Å². The summed E-state index contributed by atoms with van der Waals surface area (Å²) in [5, 5.41) is 17.3. The molecule has 3 N–H and O–H groups in total. The molecule has 0 spiro atoms. The summed E-state index contributed by atoms with van der Waals surface area (Å²) in [6, 6.07) is 0. The van der Waals surface area contributed by atoms with Crippen LogP contribution in [0.15, 0.2) is 11.3 Å². The second-order valence-electron chi connectivity index (χ2n) is 7.59. The van der Waals surface area contributed by atoms with Crippen molar-refractivity contribution < 1.29 is 9.53 Å². The Labute approximate surface area is 156 Å². The maximum atomic E-state index is 12.0. The Balaban J connectivity index is 2.63. The summed E-state index contributed by atoms with van der Waals surface area (Å²) in [7, 11) is 0. The Kier molecular flexibility index (Phi) is 7.85. The predicted octanol–water partition coefficient (Wildman–Crippen LogP) is 1.66. The first kappa shape index (κ1) is 21.7. The third-order valence-electron chi connectivity index (χ3n) is 3.30. The van der Waals surface area contributed by atoms with Crippen molar-refractivity contribution in [2.45, 2.75) is 72.7 Å². The summed E-state index contributed by atoms with van der Waals surface area (Å²) >= 11 is 0. The number of nitrogens with one attached hydrogen (secondary N) is 3. The number of hydrogen-bond acceptors (Lipinski definition) is 5. The van der Waals surface area contributed by atoms with E-state index in [2.05, 4.69) is 31.1 Å². The number of guanidine groups is 1. The Hall–Kier alpha value is -2.32. The van der Waals surface area contributed by atoms with Gasteiger partial charge in [0.05, 0.1) is 5.54 Å². The summed E-state index contributed by atoms with van der Waals surface area (Å²) in [5.41, 5.74) is -1.04. The van der Waals surface area contributed by atoms with Crippen LogP contribution in [0.4, 0.5) is 4.79 Å². The lowest BCUT2D eigenvalue weighted by Gasteiger charge is -2.29. The number of aryl methyl sites for hydroxylation is 1. The van der Waals surface area contributed by atoms with E-state index in [0.717, 1.165) is 18.9 Å². The molecule has 0 radical (unpaired) electrons. The van der Waals surface area contributed by atoms with E-state index in [0.29, 0.717) is 19.0 Å². The molecular weight excluding hydrogens is 334 g/mol. The summed E-state index contributed by atoms with van der Waals surface area (Å²) in [6.07, 6.45) is 1.25. The summed E-state index contributed by atoms with van der Waals surface area (Å²) in [5.74, 6) is 1.45. The van der Waals surface area contributed by atoms with Gasteiger partial charge in [-0.05, 0) is 48.5 Å². The van der Waals surface area contributed by atoms with E-state index >= 15 is 0 Å². The number of rotatable bonds is 7. The van der Waals surface area contributed by atoms with Gasteiger partial charge in [0.1, 0.15) is 18.5 Å². The molecule has 9 nitrogen and oxygen atoms in total. The Morgan fingerprint density at radius 1 is 1.23 bits per heavy atom. The second kappa shape index (κ2) is 9.40. The topological polar surface area (TPSA) is 105 Å². The molecule has 0 aromatic carbocycles. The Bertz CT molecular complexity index is 602. The first-order valence-electron chi connectivity index (χ1n) is 8.96. The average molecular weight is 367 g/mol. The van der Waals surface area contributed by atoms with Crippen LogP contribution in [-0.4, -0.2) is 51.0 Å². The van der Waals surface area contributed by atoms with Crippen LogP contribution in [0.3, 0.4) is 0 Å². The number of alkyl carbamates (subject to hydrolysis) is 1. The smallest absolute Gasteiger partial charge is 0.408 e. The fourth-order valence-corrected chi connectivity index (χ4v) is 2.09. The molecule has 0 fully saturated rings. The van der Waals surface area contributed by atoms with Crippen LogP contribution >= 0.6 is 0 Å². The second-order valence-corrected chi connectivity index (χ2v) is 7.59. The van der Waals surface area contributed by atoms with Crippen LogP contribution in [0.2, 0.25) is 0 Å². The zero-order valence-electron chi connectivity index (χ0n) is 17.0. The van der Waals surface area contributed by atoms with Gasteiger partial charge in [-0.3, -0.25) is 0 Å². The summed E-state index contributed by atoms with van der Waals surface area (Å²) in [4.78, 5) is 16.5. The van der Waals surface area contributed by atoms with Crippen LogP contribution in [0, 0.1) is 0 Å². The van der Waals surface area contributed by atoms with Crippen molar-refractivity contribution in [1.82, 2.24) is 30.7 Å². The predicted molar refractivity (Wildman–Crippen MR) is 102 cm³/mol. The Morgan fingerprint density at radius 3 is 2.50 bits per heavy atom. The van der Waals surface area contributed by atoms with Crippen LogP contribution in [0.25, 0.3) is 0 Å². The standard InChI is InChI=1S/C17H33N7O2/c1-8-18-14(19-10-13-23-21-12-24(13)9-2)20-11-17(6,7)22-15(25)26-16(3,4)5/h12H,8-11H2,1-7H3,(H,22,25)(H2,18,19,20). The molecule has 1 rings (SSSR count). The number of carbonyl (C=O) groups is 1. The highest BCUT2D eigenvalue weighted by Gasteiger charge is 2.24. The first-order chi connectivity index (χ1) is 12.1. The zero-order chi connectivity index (χ0) is 19.8. The minimum Gasteiger partial charge on any atom is -0.444 e. The lowest BCUT2D eigenvalue weighted by atomic mass is 10.1. The quantitative estimate of drug-likeness (QED) is 0.500. The largest absolute Gasteiger partial charge is 0.444 e. The molecule has 0 aliphatic carbocycles. The molecule has 0 saturated carbocycles. The fourth-order valence-electron chi connectivity index (χ4n) is 2.09. The molecular formula is C17H33N7O2. The van der Waals surface area contributed by atoms with E-state index in [4.69, 9.17) is 4.74 Å². The lowest BCUT2D eigenvalue weighted by Crippen LogP contribution is -2.54. The normalized spacial score (nSPS) is 12.7. The number of carbonyl (C=O) groups excluding carboxylic acids is 1. The van der Waals surface area contributed by atoms with Gasteiger partial charge >= 0.3 is 6.09 Å². The number of nitrogens with zero attached hydrogens (tertiary/aromatic N) is 4. The molecule has 148 valence electrons. The van der Waals surface area contributed by atoms with E-state index in [1.165, 1.54) is 0 Å². The monoisotopic (exact) mass is 367 g/mol. The van der Waals surface area contributed by atoms with Gasteiger partial charge in [0.15, 0.2) is 11.8 Å². The van der Waals surface area contributed by atoms with E-state index in [9.17, 15) is 4.79 Å². The maximum absolute atomic E-state index is 12.0. The van der Waals surface area contributed by atoms with Gasteiger partial charge in [0, 0.05) is 19.6 Å². The van der Waals surface area contributed by atoms with Crippen molar-refractivity contribution in [3.05, 3.63) is 12.2 Å². The van der Waals surface area contributed by atoms with Crippen molar-refractivity contribution in [1.29, 1.82) is 0 Å². The number of ether oxygens (including phenoxy) is 1. The Morgan fingerprint density at radius 2 is 1.92 bits per heavy atom. The number of amides is 1.